The minimum atomic E-state index is 0.224. The van der Waals surface area contributed by atoms with Gasteiger partial charge in [0.05, 0.1) is 35.5 Å². The van der Waals surface area contributed by atoms with Crippen LogP contribution in [0.3, 0.4) is 0 Å². The zero-order chi connectivity index (χ0) is 37.8. The standard InChI is InChI=1S/C45H50N2O7/c1-46-20-18-31-24-41(49-4)43(51-6)27-36(31)38(46)22-29-8-12-33(13-9-29)53-35-16-17-40(48-3)45(26-35)54-34-14-10-30(11-15-34)23-39-37-28-44(52-7)42(50-5)25-32(37)19-21-47(39)2/h8-17,24-28,38-39H,18-23H2,1-7H3/t38-,39-/m0/s1. The van der Waals surface area contributed by atoms with Gasteiger partial charge in [0.15, 0.2) is 34.5 Å². The Kier molecular flexibility index (Phi) is 11.2. The van der Waals surface area contributed by atoms with Gasteiger partial charge in [-0.15, -0.1) is 0 Å². The van der Waals surface area contributed by atoms with Gasteiger partial charge >= 0.3 is 0 Å². The normalized spacial score (nSPS) is 16.9. The molecule has 2 aliphatic rings. The second kappa shape index (κ2) is 16.3. The van der Waals surface area contributed by atoms with Gasteiger partial charge in [-0.25, -0.2) is 0 Å². The minimum absolute atomic E-state index is 0.224. The highest BCUT2D eigenvalue weighted by Crippen LogP contribution is 2.42. The van der Waals surface area contributed by atoms with Gasteiger partial charge in [0.1, 0.15) is 17.2 Å². The van der Waals surface area contributed by atoms with Crippen LogP contribution in [0.2, 0.25) is 0 Å². The molecule has 5 aromatic carbocycles. The fourth-order valence-corrected chi connectivity index (χ4v) is 7.74. The summed E-state index contributed by atoms with van der Waals surface area (Å²) in [6.07, 6.45) is 3.69. The van der Waals surface area contributed by atoms with Crippen molar-refractivity contribution in [1.82, 2.24) is 9.80 Å². The van der Waals surface area contributed by atoms with Crippen LogP contribution in [0, 0.1) is 0 Å². The molecule has 0 aliphatic carbocycles. The molecule has 7 rings (SSSR count). The molecule has 54 heavy (non-hydrogen) atoms. The first-order chi connectivity index (χ1) is 26.3. The fraction of sp³-hybridized carbons (Fsp3) is 0.333. The average molecular weight is 731 g/mol. The molecule has 282 valence electrons. The molecule has 2 heterocycles. The van der Waals surface area contributed by atoms with Gasteiger partial charge in [0.2, 0.25) is 0 Å². The third kappa shape index (κ3) is 7.79. The third-order valence-electron chi connectivity index (χ3n) is 10.8. The second-order valence-electron chi connectivity index (χ2n) is 14.0. The van der Waals surface area contributed by atoms with Crippen molar-refractivity contribution < 1.29 is 33.2 Å². The Hall–Kier alpha value is -5.38. The maximum Gasteiger partial charge on any atom is 0.172 e. The SMILES string of the molecule is COc1cc2c(cc1OC)[C@H](Cc1ccc(Oc3ccc(OC)c(Oc4ccc(C[C@H]5c6cc(OC)c(OC)cc6CCN5C)cc4)c3)cc1)N(C)CC2. The quantitative estimate of drug-likeness (QED) is 0.118. The minimum Gasteiger partial charge on any atom is -0.493 e. The maximum atomic E-state index is 6.36. The molecule has 0 radical (unpaired) electrons. The molecule has 0 saturated heterocycles. The number of fused-ring (bicyclic) bond motifs is 2. The Labute approximate surface area is 318 Å². The van der Waals surface area contributed by atoms with E-state index in [9.17, 15) is 0 Å². The van der Waals surface area contributed by atoms with Crippen LogP contribution in [0.4, 0.5) is 0 Å². The summed E-state index contributed by atoms with van der Waals surface area (Å²) in [5, 5.41) is 0. The molecule has 2 aliphatic heterocycles. The smallest absolute Gasteiger partial charge is 0.172 e. The van der Waals surface area contributed by atoms with E-state index in [2.05, 4.69) is 72.4 Å². The molecule has 0 amide bonds. The van der Waals surface area contributed by atoms with Gasteiger partial charge in [0.25, 0.3) is 0 Å². The van der Waals surface area contributed by atoms with Crippen molar-refractivity contribution in [2.24, 2.45) is 0 Å². The van der Waals surface area contributed by atoms with Crippen molar-refractivity contribution in [3.63, 3.8) is 0 Å². The van der Waals surface area contributed by atoms with Crippen LogP contribution in [-0.4, -0.2) is 72.5 Å². The van der Waals surface area contributed by atoms with Gasteiger partial charge in [-0.2, -0.15) is 0 Å². The van der Waals surface area contributed by atoms with E-state index >= 15 is 0 Å². The Balaban J connectivity index is 1.02. The first kappa shape index (κ1) is 37.0. The molecule has 2 atom stereocenters. The highest BCUT2D eigenvalue weighted by atomic mass is 16.5. The van der Waals surface area contributed by atoms with E-state index in [4.69, 9.17) is 33.2 Å². The Bertz CT molecular complexity index is 2070. The number of ether oxygens (including phenoxy) is 7. The van der Waals surface area contributed by atoms with E-state index in [0.29, 0.717) is 23.0 Å². The predicted molar refractivity (Wildman–Crippen MR) is 211 cm³/mol. The third-order valence-corrected chi connectivity index (χ3v) is 10.8. The molecule has 5 aromatic rings. The lowest BCUT2D eigenvalue weighted by molar-refractivity contribution is 0.228. The topological polar surface area (TPSA) is 71.1 Å². The van der Waals surface area contributed by atoms with Crippen LogP contribution >= 0.6 is 0 Å². The van der Waals surface area contributed by atoms with Crippen LogP contribution in [-0.2, 0) is 25.7 Å². The zero-order valence-electron chi connectivity index (χ0n) is 32.3. The lowest BCUT2D eigenvalue weighted by Crippen LogP contribution is -2.33. The van der Waals surface area contributed by atoms with E-state index in [0.717, 1.165) is 67.5 Å². The number of methoxy groups -OCH3 is 5. The first-order valence-corrected chi connectivity index (χ1v) is 18.4. The van der Waals surface area contributed by atoms with Gasteiger partial charge in [-0.05, 0) is 134 Å². The molecule has 9 heteroatoms. The van der Waals surface area contributed by atoms with Crippen LogP contribution in [0.25, 0.3) is 0 Å². The van der Waals surface area contributed by atoms with Crippen LogP contribution in [0.1, 0.15) is 45.5 Å². The van der Waals surface area contributed by atoms with Crippen LogP contribution in [0.15, 0.2) is 91.0 Å². The fourth-order valence-electron chi connectivity index (χ4n) is 7.74. The molecule has 0 N–H and O–H groups in total. The maximum absolute atomic E-state index is 6.36. The van der Waals surface area contributed by atoms with Crippen molar-refractivity contribution in [2.45, 2.75) is 37.8 Å². The van der Waals surface area contributed by atoms with Crippen molar-refractivity contribution in [3.8, 4) is 51.7 Å². The van der Waals surface area contributed by atoms with Gasteiger partial charge < -0.3 is 33.2 Å². The van der Waals surface area contributed by atoms with E-state index in [1.807, 2.05) is 42.5 Å². The lowest BCUT2D eigenvalue weighted by Gasteiger charge is -2.35. The summed E-state index contributed by atoms with van der Waals surface area (Å²) in [7, 11) is 12.8. The van der Waals surface area contributed by atoms with E-state index in [1.165, 1.54) is 33.4 Å². The molecular weight excluding hydrogens is 681 g/mol. The molecule has 0 aromatic heterocycles. The number of hydrogen-bond donors (Lipinski definition) is 0. The monoisotopic (exact) mass is 730 g/mol. The van der Waals surface area contributed by atoms with Gasteiger partial charge in [0, 0.05) is 31.2 Å². The highest BCUT2D eigenvalue weighted by Gasteiger charge is 2.28. The summed E-state index contributed by atoms with van der Waals surface area (Å²) < 4.78 is 40.7. The molecule has 0 fully saturated rings. The largest absolute Gasteiger partial charge is 0.493 e. The molecule has 0 saturated carbocycles. The number of likely N-dealkylation sites (N-methyl/N-ethyl adjacent to an activating group) is 2. The van der Waals surface area contributed by atoms with Crippen molar-refractivity contribution in [3.05, 3.63) is 124 Å². The number of rotatable bonds is 13. The summed E-state index contributed by atoms with van der Waals surface area (Å²) in [6.45, 7) is 1.97. The predicted octanol–water partition coefficient (Wildman–Crippen LogP) is 8.86. The molecule has 0 spiro atoms. The van der Waals surface area contributed by atoms with Crippen molar-refractivity contribution in [2.75, 3.05) is 62.7 Å². The van der Waals surface area contributed by atoms with Crippen molar-refractivity contribution >= 4 is 0 Å². The van der Waals surface area contributed by atoms with Gasteiger partial charge in [-0.1, -0.05) is 24.3 Å². The van der Waals surface area contributed by atoms with Gasteiger partial charge in [-0.3, -0.25) is 9.80 Å². The summed E-state index contributed by atoms with van der Waals surface area (Å²) in [5.74, 6) is 6.39. The Morgan fingerprint density at radius 3 is 1.30 bits per heavy atom. The number of hydrogen-bond acceptors (Lipinski definition) is 9. The molecular formula is C45H50N2O7. The summed E-state index contributed by atoms with van der Waals surface area (Å²) in [5.41, 5.74) is 7.63. The zero-order valence-corrected chi connectivity index (χ0v) is 32.3. The Morgan fingerprint density at radius 2 is 0.852 bits per heavy atom. The summed E-state index contributed by atoms with van der Waals surface area (Å²) >= 11 is 0. The second-order valence-corrected chi connectivity index (χ2v) is 14.0. The summed E-state index contributed by atoms with van der Waals surface area (Å²) in [6, 6.07) is 31.2. The highest BCUT2D eigenvalue weighted by molar-refractivity contribution is 5.52. The summed E-state index contributed by atoms with van der Waals surface area (Å²) in [4.78, 5) is 4.82. The number of nitrogens with zero attached hydrogens (tertiary/aromatic N) is 2. The molecule has 9 nitrogen and oxygen atoms in total. The lowest BCUT2D eigenvalue weighted by atomic mass is 9.88. The van der Waals surface area contributed by atoms with E-state index < -0.39 is 0 Å². The number of benzene rings is 5. The molecule has 0 bridgehead atoms. The van der Waals surface area contributed by atoms with Crippen molar-refractivity contribution in [1.29, 1.82) is 0 Å². The average Bonchev–Trinajstić information content (AvgIpc) is 3.20. The Morgan fingerprint density at radius 1 is 0.444 bits per heavy atom. The van der Waals surface area contributed by atoms with Crippen LogP contribution in [0.5, 0.6) is 51.7 Å². The molecule has 0 unspecified atom stereocenters. The van der Waals surface area contributed by atoms with E-state index in [-0.39, 0.29) is 12.1 Å². The van der Waals surface area contributed by atoms with Crippen LogP contribution < -0.4 is 33.2 Å². The van der Waals surface area contributed by atoms with E-state index in [1.54, 1.807) is 35.5 Å². The first-order valence-electron chi connectivity index (χ1n) is 18.4.